The number of benzene rings is 1. The Hall–Kier alpha value is 0.466. The van der Waals surface area contributed by atoms with Gasteiger partial charge in [0.05, 0.1) is 0 Å². The van der Waals surface area contributed by atoms with E-state index in [0.717, 1.165) is 12.8 Å². The first-order valence-corrected chi connectivity index (χ1v) is 3.86. The maximum absolute atomic E-state index is 3.19. The van der Waals surface area contributed by atoms with Crippen molar-refractivity contribution >= 4 is 23.1 Å². The van der Waals surface area contributed by atoms with Crippen LogP contribution in [-0.4, -0.2) is 23.1 Å². The van der Waals surface area contributed by atoms with E-state index < -0.39 is 0 Å². The molecule has 0 radical (unpaired) electrons. The van der Waals surface area contributed by atoms with Crippen molar-refractivity contribution in [2.45, 2.75) is 26.7 Å². The first-order chi connectivity index (χ1) is 4.86. The fraction of sp³-hybridized carbons (Fsp3) is 0.400. The first kappa shape index (κ1) is 15.0. The average Bonchev–Trinajstić information content (AvgIpc) is 2.05. The van der Waals surface area contributed by atoms with Crippen molar-refractivity contribution < 1.29 is 17.0 Å². The molecule has 0 unspecified atom stereocenters. The Labute approximate surface area is 102 Å². The molecule has 1 aromatic carbocycles. The van der Waals surface area contributed by atoms with Gasteiger partial charge in [-0.1, -0.05) is 26.7 Å². The van der Waals surface area contributed by atoms with Crippen molar-refractivity contribution in [1.29, 1.82) is 0 Å². The quantitative estimate of drug-likeness (QED) is 0.468. The number of aryl methyl sites for hydroxylation is 2. The molecule has 0 fully saturated rings. The van der Waals surface area contributed by atoms with Crippen LogP contribution in [0.25, 0.3) is 0 Å². The molecule has 1 aromatic rings. The zero-order chi connectivity index (χ0) is 7.40. The van der Waals surface area contributed by atoms with Gasteiger partial charge in [0.1, 0.15) is 0 Å². The number of hydrogen-bond acceptors (Lipinski definition) is 0. The van der Waals surface area contributed by atoms with E-state index in [1.807, 2.05) is 6.07 Å². The Kier molecular flexibility index (Phi) is 10.1. The predicted molar refractivity (Wildman–Crippen MR) is 49.8 cm³/mol. The van der Waals surface area contributed by atoms with Gasteiger partial charge in [-0.05, 0) is 0 Å². The van der Waals surface area contributed by atoms with E-state index in [4.69, 9.17) is 0 Å². The zero-order valence-corrected chi connectivity index (χ0v) is 10.7. The summed E-state index contributed by atoms with van der Waals surface area (Å²) in [6, 6.07) is 9.55. The van der Waals surface area contributed by atoms with Crippen LogP contribution in [-0.2, 0) is 12.8 Å². The topological polar surface area (TPSA) is 0 Å². The maximum atomic E-state index is 3.19. The maximum Gasteiger partial charge on any atom is 2.00 e. The van der Waals surface area contributed by atoms with Crippen molar-refractivity contribution in [2.75, 3.05) is 0 Å². The molecule has 0 heterocycles. The molecule has 12 heavy (non-hydrogen) atoms. The van der Waals surface area contributed by atoms with Gasteiger partial charge in [0.25, 0.3) is 0 Å². The van der Waals surface area contributed by atoms with Crippen molar-refractivity contribution in [3.63, 3.8) is 0 Å². The first-order valence-electron chi connectivity index (χ1n) is 3.86. The summed E-state index contributed by atoms with van der Waals surface area (Å²) in [6.07, 6.45) is 2.22. The van der Waals surface area contributed by atoms with Crippen molar-refractivity contribution in [3.8, 4) is 0 Å². The van der Waals surface area contributed by atoms with Gasteiger partial charge in [0.2, 0.25) is 0 Å². The van der Waals surface area contributed by atoms with E-state index >= 15 is 0 Å². The Morgan fingerprint density at radius 3 is 2.42 bits per heavy atom. The molecule has 0 aliphatic carbocycles. The van der Waals surface area contributed by atoms with E-state index in [1.54, 1.807) is 0 Å². The summed E-state index contributed by atoms with van der Waals surface area (Å²) in [5.74, 6) is 0. The predicted octanol–water partition coefficient (Wildman–Crippen LogP) is -0.765. The molecule has 0 amide bonds. The second-order valence-electron chi connectivity index (χ2n) is 2.43. The summed E-state index contributed by atoms with van der Waals surface area (Å²) in [4.78, 5) is 0. The van der Waals surface area contributed by atoms with E-state index in [-0.39, 0.29) is 40.0 Å². The zero-order valence-electron chi connectivity index (χ0n) is 7.73. The summed E-state index contributed by atoms with van der Waals surface area (Å²) in [5, 5.41) is 0. The molecule has 0 aliphatic heterocycles. The van der Waals surface area contributed by atoms with Gasteiger partial charge in [-0.2, -0.15) is 35.4 Å². The molecule has 0 bridgehead atoms. The van der Waals surface area contributed by atoms with E-state index in [9.17, 15) is 0 Å². The van der Waals surface area contributed by atoms with E-state index in [2.05, 4.69) is 32.0 Å². The monoisotopic (exact) mass is 236 g/mol. The molecule has 0 aromatic heterocycles. The molecule has 0 N–H and O–H groups in total. The molecule has 62 valence electrons. The molecule has 0 nitrogen and oxygen atoms in total. The van der Waals surface area contributed by atoms with Crippen LogP contribution < -0.4 is 17.0 Å². The van der Waals surface area contributed by atoms with Crippen molar-refractivity contribution in [3.05, 3.63) is 35.4 Å². The van der Waals surface area contributed by atoms with Crippen LogP contribution >= 0.6 is 0 Å². The molecule has 0 aliphatic rings. The third-order valence-corrected chi connectivity index (χ3v) is 1.71. The van der Waals surface area contributed by atoms with Gasteiger partial charge >= 0.3 is 23.1 Å². The van der Waals surface area contributed by atoms with Crippen LogP contribution in [0.4, 0.5) is 0 Å². The summed E-state index contributed by atoms with van der Waals surface area (Å²) in [5.41, 5.74) is 2.73. The van der Waals surface area contributed by atoms with Gasteiger partial charge < -0.3 is 17.0 Å². The van der Waals surface area contributed by atoms with Gasteiger partial charge in [0, 0.05) is 0 Å². The van der Waals surface area contributed by atoms with Gasteiger partial charge in [-0.3, -0.25) is 0 Å². The molecular formula is C10H13BrMg. The number of halogens is 1. The summed E-state index contributed by atoms with van der Waals surface area (Å²) in [7, 11) is 0. The molecule has 0 saturated carbocycles. The summed E-state index contributed by atoms with van der Waals surface area (Å²) in [6.45, 7) is 4.33. The molecule has 1 rings (SSSR count). The van der Waals surface area contributed by atoms with E-state index in [1.165, 1.54) is 11.1 Å². The van der Waals surface area contributed by atoms with Crippen molar-refractivity contribution in [1.82, 2.24) is 0 Å². The fourth-order valence-electron chi connectivity index (χ4n) is 0.993. The van der Waals surface area contributed by atoms with Crippen LogP contribution in [0.5, 0.6) is 0 Å². The molecule has 0 spiro atoms. The number of hydrogen-bond donors (Lipinski definition) is 0. The molecule has 0 saturated heterocycles. The minimum Gasteiger partial charge on any atom is -1.00 e. The van der Waals surface area contributed by atoms with Gasteiger partial charge in [-0.25, -0.2) is 0 Å². The second-order valence-corrected chi connectivity index (χ2v) is 2.43. The summed E-state index contributed by atoms with van der Waals surface area (Å²) < 4.78 is 0. The van der Waals surface area contributed by atoms with Crippen LogP contribution in [0, 0.1) is 6.07 Å². The Morgan fingerprint density at radius 2 is 1.92 bits per heavy atom. The Morgan fingerprint density at radius 1 is 1.25 bits per heavy atom. The Balaban J connectivity index is 0. The molecular weight excluding hydrogens is 224 g/mol. The second kappa shape index (κ2) is 8.08. The smallest absolute Gasteiger partial charge is 1.00 e. The van der Waals surface area contributed by atoms with Crippen LogP contribution in [0.3, 0.4) is 0 Å². The Bertz CT molecular complexity index is 191. The SMILES string of the molecule is CCc1[c-]ccc(CC)c1.[Br-].[Mg+2]. The normalized spacial score (nSPS) is 8.17. The summed E-state index contributed by atoms with van der Waals surface area (Å²) >= 11 is 0. The third-order valence-electron chi connectivity index (χ3n) is 1.71. The minimum absolute atomic E-state index is 0. The number of rotatable bonds is 2. The van der Waals surface area contributed by atoms with Gasteiger partial charge in [-0.15, -0.1) is 0 Å². The van der Waals surface area contributed by atoms with E-state index in [0.29, 0.717) is 0 Å². The minimum atomic E-state index is 0. The van der Waals surface area contributed by atoms with Crippen LogP contribution in [0.1, 0.15) is 25.0 Å². The fourth-order valence-corrected chi connectivity index (χ4v) is 0.993. The standard InChI is InChI=1S/C10H13.BrH.Mg/c1-3-9-6-5-7-10(4-2)8-9;;/h5-6,8H,3-4H2,1-2H3;1H;/q-1;;+2/p-1. The average molecular weight is 237 g/mol. The van der Waals surface area contributed by atoms with Crippen LogP contribution in [0.15, 0.2) is 18.2 Å². The van der Waals surface area contributed by atoms with Crippen molar-refractivity contribution in [2.24, 2.45) is 0 Å². The third kappa shape index (κ3) is 4.48. The van der Waals surface area contributed by atoms with Crippen LogP contribution in [0.2, 0.25) is 0 Å². The largest absolute Gasteiger partial charge is 2.00 e. The molecule has 2 heteroatoms. The van der Waals surface area contributed by atoms with Gasteiger partial charge in [0.15, 0.2) is 0 Å². The molecule has 0 atom stereocenters.